The molecule has 0 unspecified atom stereocenters. The fourth-order valence-electron chi connectivity index (χ4n) is 1.05. The van der Waals surface area contributed by atoms with Crippen molar-refractivity contribution in [3.05, 3.63) is 12.7 Å². The standard InChI is InChI=1S/C10H20N2O/c1-5-7-12(10(13)6-2)9-8-11(3)4/h6H,2,5,7-9H2,1,3-4H3. The van der Waals surface area contributed by atoms with E-state index >= 15 is 0 Å². The summed E-state index contributed by atoms with van der Waals surface area (Å²) in [6.45, 7) is 8.06. The molecule has 0 saturated carbocycles. The highest BCUT2D eigenvalue weighted by molar-refractivity contribution is 5.86. The third-order valence-corrected chi connectivity index (χ3v) is 1.80. The summed E-state index contributed by atoms with van der Waals surface area (Å²) < 4.78 is 0. The Morgan fingerprint density at radius 2 is 1.92 bits per heavy atom. The Labute approximate surface area is 81.0 Å². The molecular formula is C10H20N2O. The van der Waals surface area contributed by atoms with Gasteiger partial charge in [-0.15, -0.1) is 0 Å². The molecule has 3 nitrogen and oxygen atoms in total. The smallest absolute Gasteiger partial charge is 0.245 e. The van der Waals surface area contributed by atoms with Crippen molar-refractivity contribution >= 4 is 5.91 Å². The second-order valence-corrected chi connectivity index (χ2v) is 3.33. The van der Waals surface area contributed by atoms with Gasteiger partial charge in [0.15, 0.2) is 0 Å². The van der Waals surface area contributed by atoms with Gasteiger partial charge in [-0.3, -0.25) is 4.79 Å². The summed E-state index contributed by atoms with van der Waals surface area (Å²) in [5.41, 5.74) is 0. The Bertz CT molecular complexity index is 166. The van der Waals surface area contributed by atoms with Crippen molar-refractivity contribution in [2.75, 3.05) is 33.7 Å². The molecule has 0 aliphatic carbocycles. The number of amides is 1. The van der Waals surface area contributed by atoms with Gasteiger partial charge in [0.2, 0.25) is 5.91 Å². The van der Waals surface area contributed by atoms with Crippen molar-refractivity contribution < 1.29 is 4.79 Å². The molecular weight excluding hydrogens is 164 g/mol. The molecule has 0 spiro atoms. The third-order valence-electron chi connectivity index (χ3n) is 1.80. The predicted octanol–water partition coefficient (Wildman–Crippen LogP) is 0.973. The Hall–Kier alpha value is -0.830. The van der Waals surface area contributed by atoms with Gasteiger partial charge < -0.3 is 9.80 Å². The van der Waals surface area contributed by atoms with E-state index in [-0.39, 0.29) is 5.91 Å². The summed E-state index contributed by atoms with van der Waals surface area (Å²) >= 11 is 0. The van der Waals surface area contributed by atoms with Crippen LogP contribution in [0, 0.1) is 0 Å². The van der Waals surface area contributed by atoms with Crippen molar-refractivity contribution in [2.24, 2.45) is 0 Å². The Kier molecular flexibility index (Phi) is 6.24. The van der Waals surface area contributed by atoms with E-state index < -0.39 is 0 Å². The zero-order valence-corrected chi connectivity index (χ0v) is 8.92. The third kappa shape index (κ3) is 5.42. The van der Waals surface area contributed by atoms with Crippen LogP contribution in [0.15, 0.2) is 12.7 Å². The number of carbonyl (C=O) groups excluding carboxylic acids is 1. The van der Waals surface area contributed by atoms with Gasteiger partial charge >= 0.3 is 0 Å². The second kappa shape index (κ2) is 6.66. The lowest BCUT2D eigenvalue weighted by molar-refractivity contribution is -0.126. The summed E-state index contributed by atoms with van der Waals surface area (Å²) in [5.74, 6) is 0.0312. The quantitative estimate of drug-likeness (QED) is 0.574. The van der Waals surface area contributed by atoms with Crippen LogP contribution in [0.5, 0.6) is 0 Å². The molecule has 3 heteroatoms. The largest absolute Gasteiger partial charge is 0.338 e. The first kappa shape index (κ1) is 12.2. The highest BCUT2D eigenvalue weighted by Gasteiger charge is 2.08. The molecule has 0 aromatic carbocycles. The molecule has 0 bridgehead atoms. The van der Waals surface area contributed by atoms with Gasteiger partial charge in [-0.1, -0.05) is 13.5 Å². The molecule has 13 heavy (non-hydrogen) atoms. The maximum Gasteiger partial charge on any atom is 0.245 e. The molecule has 0 aliphatic heterocycles. The molecule has 0 heterocycles. The van der Waals surface area contributed by atoms with Crippen molar-refractivity contribution in [3.63, 3.8) is 0 Å². The van der Waals surface area contributed by atoms with Crippen LogP contribution in [0.4, 0.5) is 0 Å². The lowest BCUT2D eigenvalue weighted by atomic mass is 10.3. The summed E-state index contributed by atoms with van der Waals surface area (Å²) in [6.07, 6.45) is 2.37. The molecule has 0 aliphatic rings. The zero-order chi connectivity index (χ0) is 10.3. The maximum absolute atomic E-state index is 11.3. The summed E-state index contributed by atoms with van der Waals surface area (Å²) in [7, 11) is 4.00. The average molecular weight is 184 g/mol. The van der Waals surface area contributed by atoms with E-state index in [9.17, 15) is 4.79 Å². The highest BCUT2D eigenvalue weighted by Crippen LogP contribution is 1.94. The van der Waals surface area contributed by atoms with Gasteiger partial charge in [0.1, 0.15) is 0 Å². The minimum absolute atomic E-state index is 0.0312. The van der Waals surface area contributed by atoms with Crippen molar-refractivity contribution in [1.29, 1.82) is 0 Å². The first-order valence-corrected chi connectivity index (χ1v) is 4.67. The SMILES string of the molecule is C=CC(=O)N(CCC)CCN(C)C. The van der Waals surface area contributed by atoms with Gasteiger partial charge in [0.05, 0.1) is 0 Å². The summed E-state index contributed by atoms with van der Waals surface area (Å²) in [6, 6.07) is 0. The van der Waals surface area contributed by atoms with E-state index in [1.54, 1.807) is 0 Å². The maximum atomic E-state index is 11.3. The van der Waals surface area contributed by atoms with Gasteiger partial charge in [-0.25, -0.2) is 0 Å². The van der Waals surface area contributed by atoms with Gasteiger partial charge in [-0.2, -0.15) is 0 Å². The lowest BCUT2D eigenvalue weighted by Gasteiger charge is -2.22. The minimum atomic E-state index is 0.0312. The van der Waals surface area contributed by atoms with Gasteiger partial charge in [0.25, 0.3) is 0 Å². The monoisotopic (exact) mass is 184 g/mol. The van der Waals surface area contributed by atoms with Crippen LogP contribution >= 0.6 is 0 Å². The Morgan fingerprint density at radius 1 is 1.31 bits per heavy atom. The number of nitrogens with zero attached hydrogens (tertiary/aromatic N) is 2. The number of hydrogen-bond donors (Lipinski definition) is 0. The second-order valence-electron chi connectivity index (χ2n) is 3.33. The summed E-state index contributed by atoms with van der Waals surface area (Å²) in [4.78, 5) is 15.2. The number of hydrogen-bond acceptors (Lipinski definition) is 2. The fraction of sp³-hybridized carbons (Fsp3) is 0.700. The van der Waals surface area contributed by atoms with Gasteiger partial charge in [-0.05, 0) is 26.6 Å². The van der Waals surface area contributed by atoms with Crippen molar-refractivity contribution in [3.8, 4) is 0 Å². The van der Waals surface area contributed by atoms with E-state index in [2.05, 4.69) is 18.4 Å². The molecule has 0 saturated heterocycles. The van der Waals surface area contributed by atoms with Crippen molar-refractivity contribution in [1.82, 2.24) is 9.80 Å². The molecule has 76 valence electrons. The first-order chi connectivity index (χ1) is 6.11. The molecule has 0 atom stereocenters. The molecule has 0 N–H and O–H groups in total. The van der Waals surface area contributed by atoms with E-state index in [0.29, 0.717) is 0 Å². The fourth-order valence-corrected chi connectivity index (χ4v) is 1.05. The van der Waals surface area contributed by atoms with Gasteiger partial charge in [0, 0.05) is 19.6 Å². The molecule has 0 fully saturated rings. The predicted molar refractivity (Wildman–Crippen MR) is 55.6 cm³/mol. The van der Waals surface area contributed by atoms with Crippen LogP contribution < -0.4 is 0 Å². The Morgan fingerprint density at radius 3 is 2.31 bits per heavy atom. The van der Waals surface area contributed by atoms with Crippen LogP contribution in [-0.2, 0) is 4.79 Å². The lowest BCUT2D eigenvalue weighted by Crippen LogP contribution is -2.36. The molecule has 1 amide bonds. The first-order valence-electron chi connectivity index (χ1n) is 4.67. The molecule has 0 aromatic heterocycles. The number of rotatable bonds is 6. The van der Waals surface area contributed by atoms with Crippen LogP contribution in [-0.4, -0.2) is 49.4 Å². The number of likely N-dealkylation sites (N-methyl/N-ethyl adjacent to an activating group) is 1. The molecule has 0 radical (unpaired) electrons. The zero-order valence-electron chi connectivity index (χ0n) is 8.92. The van der Waals surface area contributed by atoms with E-state index in [1.807, 2.05) is 19.0 Å². The average Bonchev–Trinajstić information content (AvgIpc) is 2.10. The molecule has 0 rings (SSSR count). The van der Waals surface area contributed by atoms with Crippen molar-refractivity contribution in [2.45, 2.75) is 13.3 Å². The van der Waals surface area contributed by atoms with E-state index in [1.165, 1.54) is 6.08 Å². The summed E-state index contributed by atoms with van der Waals surface area (Å²) in [5, 5.41) is 0. The Balaban J connectivity index is 3.93. The highest BCUT2D eigenvalue weighted by atomic mass is 16.2. The van der Waals surface area contributed by atoms with Crippen LogP contribution in [0.1, 0.15) is 13.3 Å². The normalized spacial score (nSPS) is 10.2. The minimum Gasteiger partial charge on any atom is -0.338 e. The van der Waals surface area contributed by atoms with Crippen LogP contribution in [0.3, 0.4) is 0 Å². The van der Waals surface area contributed by atoms with Crippen LogP contribution in [0.25, 0.3) is 0 Å². The van der Waals surface area contributed by atoms with E-state index in [0.717, 1.165) is 26.1 Å². The number of carbonyl (C=O) groups is 1. The van der Waals surface area contributed by atoms with Crippen LogP contribution in [0.2, 0.25) is 0 Å². The van der Waals surface area contributed by atoms with E-state index in [4.69, 9.17) is 0 Å². The molecule has 0 aromatic rings. The topological polar surface area (TPSA) is 23.6 Å².